The van der Waals surface area contributed by atoms with E-state index in [0.29, 0.717) is 5.39 Å². The number of carbonyl (C=O) groups is 5. The number of rotatable bonds is 17. The molecule has 0 aliphatic heterocycles. The van der Waals surface area contributed by atoms with Crippen molar-refractivity contribution in [2.24, 2.45) is 0 Å². The summed E-state index contributed by atoms with van der Waals surface area (Å²) in [4.78, 5) is 63.1. The average molecular weight is 837 g/mol. The Hall–Kier alpha value is 1.92. The number of aryl methyl sites for hydroxylation is 1. The molecule has 4 rings (SSSR count). The van der Waals surface area contributed by atoms with Crippen LogP contribution in [0, 0.1) is 6.92 Å². The minimum atomic E-state index is -1.35. The van der Waals surface area contributed by atoms with E-state index < -0.39 is 61.8 Å². The van der Waals surface area contributed by atoms with E-state index in [4.69, 9.17) is 23.4 Å². The molecule has 51 heavy (non-hydrogen) atoms. The van der Waals surface area contributed by atoms with Gasteiger partial charge in [0.25, 0.3) is 5.89 Å². The summed E-state index contributed by atoms with van der Waals surface area (Å²) in [5.41, 5.74) is 1.16. The number of carboxylic acid groups (broad SMARTS) is 5. The Labute approximate surface area is 503 Å². The zero-order valence-electron chi connectivity index (χ0n) is 29.0. The summed E-state index contributed by atoms with van der Waals surface area (Å²) >= 11 is 0. The van der Waals surface area contributed by atoms with E-state index in [1.807, 2.05) is 0 Å². The smallest absolute Gasteiger partial charge is 0.488 e. The van der Waals surface area contributed by atoms with Crippen molar-refractivity contribution in [1.82, 2.24) is 4.98 Å². The van der Waals surface area contributed by atoms with Crippen molar-refractivity contribution in [2.75, 3.05) is 49.2 Å². The molecular formula is C29H27K5N3O14+5. The van der Waals surface area contributed by atoms with Crippen LogP contribution in [-0.4, -0.2) is 99.8 Å². The summed E-state index contributed by atoms with van der Waals surface area (Å²) in [6.07, 6.45) is 0.995. The zero-order valence-corrected chi connectivity index (χ0v) is 44.7. The van der Waals surface area contributed by atoms with E-state index in [2.05, 4.69) is 4.98 Å². The van der Waals surface area contributed by atoms with Crippen LogP contribution in [0.5, 0.6) is 11.5 Å². The minimum absolute atomic E-state index is 0. The summed E-state index contributed by atoms with van der Waals surface area (Å²) in [6, 6.07) is 9.07. The number of nitrogens with zero attached hydrogens (tertiary/aromatic N) is 3. The van der Waals surface area contributed by atoms with Crippen molar-refractivity contribution in [1.29, 1.82) is 0 Å². The molecule has 0 atom stereocenters. The van der Waals surface area contributed by atoms with E-state index in [9.17, 15) is 44.4 Å². The van der Waals surface area contributed by atoms with Gasteiger partial charge in [0.15, 0.2) is 5.76 Å². The van der Waals surface area contributed by atoms with Crippen LogP contribution < -0.4 is 276 Å². The topological polar surface area (TPSA) is 251 Å². The number of furan rings is 1. The summed E-state index contributed by atoms with van der Waals surface area (Å²) in [5, 5.41) is 47.0. The van der Waals surface area contributed by atoms with Crippen LogP contribution in [0.2, 0.25) is 0 Å². The molecule has 0 aliphatic carbocycles. The molecule has 5 N–H and O–H groups in total. The number of carboxylic acids is 5. The van der Waals surface area contributed by atoms with Gasteiger partial charge in [-0.3, -0.25) is 19.2 Å². The van der Waals surface area contributed by atoms with Crippen LogP contribution >= 0.6 is 0 Å². The van der Waals surface area contributed by atoms with Crippen LogP contribution in [0.25, 0.3) is 22.6 Å². The molecule has 0 saturated heterocycles. The molecule has 0 unspecified atom stereocenters. The molecule has 0 aliphatic rings. The van der Waals surface area contributed by atoms with Gasteiger partial charge in [-0.2, -0.15) is 0 Å². The van der Waals surface area contributed by atoms with Crippen LogP contribution in [-0.2, 0) is 19.2 Å². The van der Waals surface area contributed by atoms with Crippen molar-refractivity contribution in [3.63, 3.8) is 0 Å². The van der Waals surface area contributed by atoms with E-state index >= 15 is 0 Å². The number of fused-ring (bicyclic) bond motifs is 1. The van der Waals surface area contributed by atoms with E-state index in [1.54, 1.807) is 19.1 Å². The van der Waals surface area contributed by atoms with Gasteiger partial charge in [-0.05, 0) is 36.8 Å². The molecule has 0 saturated carbocycles. The monoisotopic (exact) mass is 836 g/mol. The number of benzene rings is 2. The maximum absolute atomic E-state index is 11.6. The van der Waals surface area contributed by atoms with Gasteiger partial charge < -0.3 is 53.6 Å². The normalized spacial score (nSPS) is 9.75. The second kappa shape index (κ2) is 26.8. The van der Waals surface area contributed by atoms with Gasteiger partial charge in [-0.1, -0.05) is 6.07 Å². The van der Waals surface area contributed by atoms with E-state index in [-0.39, 0.29) is 310 Å². The fourth-order valence-electron chi connectivity index (χ4n) is 4.42. The molecule has 17 nitrogen and oxygen atoms in total. The Morgan fingerprint density at radius 3 is 1.63 bits per heavy atom. The molecule has 0 radical (unpaired) electrons. The van der Waals surface area contributed by atoms with E-state index in [0.717, 1.165) is 21.6 Å². The molecule has 0 spiro atoms. The first-order valence-corrected chi connectivity index (χ1v) is 13.3. The van der Waals surface area contributed by atoms with Crippen molar-refractivity contribution in [2.45, 2.75) is 6.92 Å². The van der Waals surface area contributed by atoms with Crippen LogP contribution in [0.1, 0.15) is 16.1 Å². The Balaban J connectivity index is 0. The largest absolute Gasteiger partial charge is 1.00 e. The third kappa shape index (κ3) is 17.1. The predicted molar refractivity (Wildman–Crippen MR) is 156 cm³/mol. The summed E-state index contributed by atoms with van der Waals surface area (Å²) in [7, 11) is 0. The summed E-state index contributed by atoms with van der Waals surface area (Å²) < 4.78 is 22.7. The molecule has 2 aromatic heterocycles. The third-order valence-electron chi connectivity index (χ3n) is 6.22. The number of aromatic nitrogens is 1. The number of ether oxygens (including phenoxy) is 2. The first kappa shape index (κ1) is 55.0. The van der Waals surface area contributed by atoms with Gasteiger partial charge in [0.1, 0.15) is 56.5 Å². The van der Waals surface area contributed by atoms with Gasteiger partial charge in [-0.15, -0.1) is 0 Å². The SMILES string of the molecule is Cc1ccc(N(CC(=O)O)CC(=O)O)c(OCCOc2cc3cc(-c4ncc(C(=O)O)o4)oc3cc2N(CC(=O)O)CC(=O)O)c1.[K+].[K+].[K+].[K+].[K+]. The Morgan fingerprint density at radius 2 is 1.16 bits per heavy atom. The second-order valence-corrected chi connectivity index (χ2v) is 9.76. The van der Waals surface area contributed by atoms with Crippen molar-refractivity contribution >= 4 is 52.2 Å². The zero-order chi connectivity index (χ0) is 33.5. The number of aliphatic carboxylic acids is 4. The Bertz CT molecular complexity index is 1780. The van der Waals surface area contributed by atoms with Crippen LogP contribution in [0.15, 0.2) is 51.4 Å². The Morgan fingerprint density at radius 1 is 0.667 bits per heavy atom. The Kier molecular flexibility index (Phi) is 28.9. The van der Waals surface area contributed by atoms with Gasteiger partial charge in [0, 0.05) is 11.5 Å². The fraction of sp³-hybridized carbons (Fsp3) is 0.241. The first-order valence-electron chi connectivity index (χ1n) is 13.3. The number of oxazole rings is 1. The maximum atomic E-state index is 11.6. The molecule has 4 aromatic rings. The predicted octanol–water partition coefficient (Wildman–Crippen LogP) is -12.5. The molecule has 2 heterocycles. The van der Waals surface area contributed by atoms with Crippen molar-refractivity contribution in [3.8, 4) is 23.1 Å². The second-order valence-electron chi connectivity index (χ2n) is 9.76. The molecule has 0 fully saturated rings. The quantitative estimate of drug-likeness (QED) is 0.0489. The first-order chi connectivity index (χ1) is 21.8. The molecule has 22 heteroatoms. The minimum Gasteiger partial charge on any atom is -0.488 e. The fourth-order valence-corrected chi connectivity index (χ4v) is 4.42. The summed E-state index contributed by atoms with van der Waals surface area (Å²) in [5.74, 6) is -6.80. The van der Waals surface area contributed by atoms with Gasteiger partial charge in [0.2, 0.25) is 5.76 Å². The van der Waals surface area contributed by atoms with Crippen molar-refractivity contribution < 1.29 is 325 Å². The average Bonchev–Trinajstić information content (AvgIpc) is 3.61. The molecular weight excluding hydrogens is 810 g/mol. The van der Waals surface area contributed by atoms with Crippen molar-refractivity contribution in [3.05, 3.63) is 53.9 Å². The van der Waals surface area contributed by atoms with Crippen LogP contribution in [0.3, 0.4) is 0 Å². The standard InChI is InChI=1S/C29H27N3O14.5K/c1-15-2-3-17(31(11-24(33)34)12-25(35)36)20(6-15)43-4-5-44-21-7-16-8-22(28-30-10-23(46-28)29(41)42)45-19(16)9-18(21)32(13-26(37)38)14-27(39)40;;;;;/h2-3,6-10H,4-5,11-14H2,1H3,(H,33,34)(H,35,36)(H,37,38)(H,39,40)(H,41,42);;;;;/q;5*+1. The summed E-state index contributed by atoms with van der Waals surface area (Å²) in [6.45, 7) is -1.20. The number of hydrogen-bond donors (Lipinski definition) is 5. The maximum Gasteiger partial charge on any atom is 1.00 e. The van der Waals surface area contributed by atoms with Crippen LogP contribution in [0.4, 0.5) is 11.4 Å². The van der Waals surface area contributed by atoms with Gasteiger partial charge in [-0.25, -0.2) is 9.78 Å². The number of hydrogen-bond acceptors (Lipinski definition) is 12. The molecule has 242 valence electrons. The molecule has 0 amide bonds. The number of anilines is 2. The number of aromatic carboxylic acids is 1. The third-order valence-corrected chi connectivity index (χ3v) is 6.22. The molecule has 2 aromatic carbocycles. The van der Waals surface area contributed by atoms with E-state index in [1.165, 1.54) is 24.3 Å². The van der Waals surface area contributed by atoms with Gasteiger partial charge in [0.05, 0.1) is 17.6 Å². The van der Waals surface area contributed by atoms with Gasteiger partial charge >= 0.3 is 287 Å². The molecule has 0 bridgehead atoms.